The summed E-state index contributed by atoms with van der Waals surface area (Å²) in [5, 5.41) is 6.39. The van der Waals surface area contributed by atoms with Crippen LogP contribution in [0.3, 0.4) is 0 Å². The lowest BCUT2D eigenvalue weighted by molar-refractivity contribution is -0.144. The number of hydrogen-bond donors (Lipinski definition) is 2. The number of carbonyl (C=O) groups is 3. The number of hydrogen-bond acceptors (Lipinski definition) is 6. The fourth-order valence-electron chi connectivity index (χ4n) is 4.48. The summed E-state index contributed by atoms with van der Waals surface area (Å²) < 4.78 is 10.8. The first-order valence-corrected chi connectivity index (χ1v) is 13.5. The maximum absolute atomic E-state index is 12.1. The van der Waals surface area contributed by atoms with Crippen molar-refractivity contribution in [1.29, 1.82) is 0 Å². The van der Waals surface area contributed by atoms with Crippen molar-refractivity contribution in [1.82, 2.24) is 10.6 Å². The molecule has 2 N–H and O–H groups in total. The van der Waals surface area contributed by atoms with Gasteiger partial charge < -0.3 is 20.1 Å². The van der Waals surface area contributed by atoms with E-state index in [4.69, 9.17) is 9.47 Å². The molecule has 188 valence electrons. The molecule has 6 atom stereocenters. The Labute approximate surface area is 207 Å². The third-order valence-electron chi connectivity index (χ3n) is 6.61. The topological polar surface area (TPSA) is 93.7 Å². The van der Waals surface area contributed by atoms with Gasteiger partial charge in [-0.2, -0.15) is 11.8 Å². The number of ether oxygens (including phenoxy) is 2. The molecule has 3 aliphatic heterocycles. The number of allylic oxidation sites excluding steroid dienone is 3. The molecule has 34 heavy (non-hydrogen) atoms. The minimum atomic E-state index is -0.296. The standard InChI is InChI=1S/C26H38N2O5S/c1-4-19(10-11-21-18(3)9-12-24(30)33-21)15-17(2)13-14-32-23(29)8-6-5-7-22-25-20(16-34-22)27-26(31)28-25/h9-12,15,17-18,20-22,25H,4-8,13-14,16H2,1-3H3,(H2,27,28,31)/b11-10+,19-15-/t17-,18+,20+,21+,22+,25+/m1/s1. The van der Waals surface area contributed by atoms with Crippen molar-refractivity contribution in [2.24, 2.45) is 11.8 Å². The Balaban J connectivity index is 1.29. The van der Waals surface area contributed by atoms with Gasteiger partial charge in [-0.15, -0.1) is 0 Å². The van der Waals surface area contributed by atoms with E-state index in [9.17, 15) is 14.4 Å². The first-order valence-electron chi connectivity index (χ1n) is 12.5. The van der Waals surface area contributed by atoms with Crippen molar-refractivity contribution >= 4 is 29.7 Å². The van der Waals surface area contributed by atoms with Gasteiger partial charge >= 0.3 is 18.0 Å². The molecule has 8 heteroatoms. The second-order valence-corrected chi connectivity index (χ2v) is 10.7. The Kier molecular flexibility index (Phi) is 10.1. The number of fused-ring (bicyclic) bond motifs is 1. The number of esters is 2. The zero-order chi connectivity index (χ0) is 24.5. The van der Waals surface area contributed by atoms with Gasteiger partial charge in [0.1, 0.15) is 6.10 Å². The van der Waals surface area contributed by atoms with E-state index in [2.05, 4.69) is 30.6 Å². The monoisotopic (exact) mass is 490 g/mol. The highest BCUT2D eigenvalue weighted by molar-refractivity contribution is 8.00. The molecular formula is C26H38N2O5S. The van der Waals surface area contributed by atoms with E-state index in [1.165, 1.54) is 11.6 Å². The lowest BCUT2D eigenvalue weighted by Crippen LogP contribution is -2.36. The molecule has 0 bridgehead atoms. The molecule has 0 aliphatic carbocycles. The van der Waals surface area contributed by atoms with E-state index >= 15 is 0 Å². The molecule has 0 aromatic carbocycles. The maximum atomic E-state index is 12.1. The number of carbonyl (C=O) groups excluding carboxylic acids is 3. The molecule has 0 spiro atoms. The van der Waals surface area contributed by atoms with Gasteiger partial charge in [0, 0.05) is 29.4 Å². The van der Waals surface area contributed by atoms with Crippen LogP contribution in [0.5, 0.6) is 0 Å². The molecule has 2 amide bonds. The molecule has 3 rings (SSSR count). The number of nitrogens with one attached hydrogen (secondary N) is 2. The Morgan fingerprint density at radius 2 is 2.15 bits per heavy atom. The van der Waals surface area contributed by atoms with Gasteiger partial charge in [-0.25, -0.2) is 9.59 Å². The first kappa shape index (κ1) is 26.4. The smallest absolute Gasteiger partial charge is 0.331 e. The van der Waals surface area contributed by atoms with Crippen molar-refractivity contribution in [2.75, 3.05) is 12.4 Å². The molecule has 0 saturated carbocycles. The molecule has 0 aromatic heterocycles. The number of cyclic esters (lactones) is 1. The summed E-state index contributed by atoms with van der Waals surface area (Å²) in [7, 11) is 0. The molecule has 2 saturated heterocycles. The Hall–Kier alpha value is -2.22. The quantitative estimate of drug-likeness (QED) is 0.183. The van der Waals surface area contributed by atoms with Gasteiger partial charge in [-0.05, 0) is 37.7 Å². The molecule has 0 radical (unpaired) electrons. The predicted octanol–water partition coefficient (Wildman–Crippen LogP) is 4.29. The average molecular weight is 491 g/mol. The van der Waals surface area contributed by atoms with Crippen LogP contribution in [0.2, 0.25) is 0 Å². The molecule has 3 heterocycles. The van der Waals surface area contributed by atoms with E-state index in [0.29, 0.717) is 18.3 Å². The minimum absolute atomic E-state index is 0.0585. The SMILES string of the molecule is CCC(=C/[C@H](C)CCOC(=O)CCCC[C@@H]1SC[C@@H]2NC(=O)N[C@@H]21)/C=C/[C@@H]1OC(=O)C=C[C@@H]1C. The number of amides is 2. The Morgan fingerprint density at radius 3 is 2.94 bits per heavy atom. The number of thioether (sulfide) groups is 1. The summed E-state index contributed by atoms with van der Waals surface area (Å²) in [6.45, 7) is 6.66. The zero-order valence-electron chi connectivity index (χ0n) is 20.5. The second-order valence-electron chi connectivity index (χ2n) is 9.43. The van der Waals surface area contributed by atoms with Crippen LogP contribution >= 0.6 is 11.8 Å². The van der Waals surface area contributed by atoms with E-state index in [0.717, 1.165) is 37.9 Å². The fourth-order valence-corrected chi connectivity index (χ4v) is 6.03. The van der Waals surface area contributed by atoms with E-state index in [1.54, 1.807) is 0 Å². The van der Waals surface area contributed by atoms with Crippen LogP contribution in [-0.2, 0) is 19.1 Å². The molecule has 0 unspecified atom stereocenters. The van der Waals surface area contributed by atoms with Gasteiger partial charge in [0.15, 0.2) is 0 Å². The van der Waals surface area contributed by atoms with Gasteiger partial charge in [0.25, 0.3) is 0 Å². The number of urea groups is 1. The Morgan fingerprint density at radius 1 is 1.32 bits per heavy atom. The van der Waals surface area contributed by atoms with Gasteiger partial charge in [-0.1, -0.05) is 51.0 Å². The average Bonchev–Trinajstić information content (AvgIpc) is 3.35. The molecule has 0 aromatic rings. The third kappa shape index (κ3) is 7.93. The van der Waals surface area contributed by atoms with Crippen molar-refractivity contribution < 1.29 is 23.9 Å². The van der Waals surface area contributed by atoms with Crippen LogP contribution in [0.1, 0.15) is 59.3 Å². The summed E-state index contributed by atoms with van der Waals surface area (Å²) in [4.78, 5) is 35.0. The zero-order valence-corrected chi connectivity index (χ0v) is 21.3. The number of rotatable bonds is 12. The summed E-state index contributed by atoms with van der Waals surface area (Å²) in [5.74, 6) is 0.971. The van der Waals surface area contributed by atoms with Crippen molar-refractivity contribution in [2.45, 2.75) is 82.7 Å². The van der Waals surface area contributed by atoms with Gasteiger partial charge in [-0.3, -0.25) is 4.79 Å². The van der Waals surface area contributed by atoms with E-state index < -0.39 is 0 Å². The summed E-state index contributed by atoms with van der Waals surface area (Å²) >= 11 is 1.90. The first-order chi connectivity index (χ1) is 16.4. The minimum Gasteiger partial charge on any atom is -0.466 e. The lowest BCUT2D eigenvalue weighted by atomic mass is 9.98. The molecule has 2 fully saturated rings. The van der Waals surface area contributed by atoms with Crippen LogP contribution in [0.25, 0.3) is 0 Å². The highest BCUT2D eigenvalue weighted by Gasteiger charge is 2.42. The summed E-state index contributed by atoms with van der Waals surface area (Å²) in [5.41, 5.74) is 1.18. The lowest BCUT2D eigenvalue weighted by Gasteiger charge is -2.21. The summed E-state index contributed by atoms with van der Waals surface area (Å²) in [6.07, 6.45) is 14.2. The van der Waals surface area contributed by atoms with Crippen LogP contribution in [-0.4, -0.2) is 53.8 Å². The van der Waals surface area contributed by atoms with Crippen LogP contribution < -0.4 is 10.6 Å². The predicted molar refractivity (Wildman–Crippen MR) is 134 cm³/mol. The molecule has 7 nitrogen and oxygen atoms in total. The van der Waals surface area contributed by atoms with Crippen molar-refractivity contribution in [3.63, 3.8) is 0 Å². The fraction of sp³-hybridized carbons (Fsp3) is 0.654. The van der Waals surface area contributed by atoms with Crippen LogP contribution in [0.4, 0.5) is 4.79 Å². The highest BCUT2D eigenvalue weighted by Crippen LogP contribution is 2.33. The molecular weight excluding hydrogens is 452 g/mol. The number of unbranched alkanes of at least 4 members (excludes halogenated alkanes) is 1. The van der Waals surface area contributed by atoms with Gasteiger partial charge in [0.2, 0.25) is 0 Å². The highest BCUT2D eigenvalue weighted by atomic mass is 32.2. The van der Waals surface area contributed by atoms with Crippen molar-refractivity contribution in [3.05, 3.63) is 36.0 Å². The molecule has 3 aliphatic rings. The van der Waals surface area contributed by atoms with Crippen molar-refractivity contribution in [3.8, 4) is 0 Å². The van der Waals surface area contributed by atoms with Crippen LogP contribution in [0.15, 0.2) is 36.0 Å². The van der Waals surface area contributed by atoms with Gasteiger partial charge in [0.05, 0.1) is 18.7 Å². The van der Waals surface area contributed by atoms with Crippen LogP contribution in [0, 0.1) is 11.8 Å². The van der Waals surface area contributed by atoms with E-state index in [1.807, 2.05) is 36.9 Å². The summed E-state index contributed by atoms with van der Waals surface area (Å²) in [6, 6.07) is 0.411. The second kappa shape index (κ2) is 13.0. The largest absolute Gasteiger partial charge is 0.466 e. The van der Waals surface area contributed by atoms with E-state index in [-0.39, 0.29) is 48.0 Å². The normalized spacial score (nSPS) is 29.5. The third-order valence-corrected chi connectivity index (χ3v) is 8.12. The maximum Gasteiger partial charge on any atom is 0.331 e. The Bertz CT molecular complexity index is 824.